The lowest BCUT2D eigenvalue weighted by molar-refractivity contribution is -0.135. The van der Waals surface area contributed by atoms with Crippen molar-refractivity contribution in [3.63, 3.8) is 0 Å². The summed E-state index contributed by atoms with van der Waals surface area (Å²) in [6.45, 7) is 4.17. The van der Waals surface area contributed by atoms with Gasteiger partial charge in [0.05, 0.1) is 12.2 Å². The van der Waals surface area contributed by atoms with Crippen molar-refractivity contribution in [1.29, 1.82) is 5.26 Å². The number of likely N-dealkylation sites (N-methyl/N-ethyl adjacent to an activating group) is 1. The second-order valence-corrected chi connectivity index (χ2v) is 6.18. The molecule has 1 fully saturated rings. The molecule has 1 aliphatic heterocycles. The van der Waals surface area contributed by atoms with Crippen molar-refractivity contribution in [2.75, 3.05) is 31.6 Å². The van der Waals surface area contributed by atoms with Gasteiger partial charge in [0.25, 0.3) is 0 Å². The average Bonchev–Trinajstić information content (AvgIpc) is 2.62. The van der Waals surface area contributed by atoms with Crippen molar-refractivity contribution in [1.82, 2.24) is 15.8 Å². The highest BCUT2D eigenvalue weighted by atomic mass is 16.7. The van der Waals surface area contributed by atoms with E-state index in [-0.39, 0.29) is 11.9 Å². The van der Waals surface area contributed by atoms with Crippen LogP contribution in [0.5, 0.6) is 0 Å². The number of nitrogens with one attached hydrogen (secondary N) is 2. The maximum Gasteiger partial charge on any atom is 0.243 e. The van der Waals surface area contributed by atoms with Gasteiger partial charge in [-0.25, -0.2) is 10.5 Å². The van der Waals surface area contributed by atoms with Gasteiger partial charge in [-0.1, -0.05) is 0 Å². The van der Waals surface area contributed by atoms with Crippen LogP contribution < -0.4 is 15.7 Å². The van der Waals surface area contributed by atoms with Gasteiger partial charge in [0.1, 0.15) is 11.9 Å². The summed E-state index contributed by atoms with van der Waals surface area (Å²) in [5, 5.41) is 11.9. The SMILES string of the molecule is CN[C@@H](C)CONC(=O)CC1CCN(c2ccc(C#N)cn2)CC1. The van der Waals surface area contributed by atoms with Crippen LogP contribution in [0.4, 0.5) is 5.82 Å². The number of amides is 1. The lowest BCUT2D eigenvalue weighted by Gasteiger charge is -2.32. The number of carbonyl (C=O) groups excluding carboxylic acids is 1. The highest BCUT2D eigenvalue weighted by molar-refractivity contribution is 5.75. The fourth-order valence-corrected chi connectivity index (χ4v) is 2.64. The molecule has 0 spiro atoms. The van der Waals surface area contributed by atoms with Gasteiger partial charge in [-0.05, 0) is 44.9 Å². The Balaban J connectivity index is 1.70. The van der Waals surface area contributed by atoms with Crippen LogP contribution in [0.2, 0.25) is 0 Å². The molecule has 1 atom stereocenters. The Kier molecular flexibility index (Phi) is 6.97. The summed E-state index contributed by atoms with van der Waals surface area (Å²) in [5.41, 5.74) is 3.08. The molecular formula is C17H25N5O2. The quantitative estimate of drug-likeness (QED) is 0.730. The highest BCUT2D eigenvalue weighted by Crippen LogP contribution is 2.24. The molecular weight excluding hydrogens is 306 g/mol. The minimum absolute atomic E-state index is 0.0618. The maximum absolute atomic E-state index is 11.9. The molecule has 0 saturated carbocycles. The monoisotopic (exact) mass is 331 g/mol. The highest BCUT2D eigenvalue weighted by Gasteiger charge is 2.22. The molecule has 1 aliphatic rings. The van der Waals surface area contributed by atoms with Gasteiger partial charge in [-0.2, -0.15) is 5.26 Å². The van der Waals surface area contributed by atoms with E-state index in [1.165, 1.54) is 0 Å². The van der Waals surface area contributed by atoms with Crippen molar-refractivity contribution in [2.45, 2.75) is 32.2 Å². The zero-order valence-electron chi connectivity index (χ0n) is 14.3. The first-order chi connectivity index (χ1) is 11.6. The molecule has 2 N–H and O–H groups in total. The molecule has 7 heteroatoms. The van der Waals surface area contributed by atoms with Crippen molar-refractivity contribution >= 4 is 11.7 Å². The lowest BCUT2D eigenvalue weighted by atomic mass is 9.93. The summed E-state index contributed by atoms with van der Waals surface area (Å²) >= 11 is 0. The predicted octanol–water partition coefficient (Wildman–Crippen LogP) is 1.22. The van der Waals surface area contributed by atoms with Gasteiger partial charge < -0.3 is 10.2 Å². The first-order valence-corrected chi connectivity index (χ1v) is 8.31. The third-order valence-corrected chi connectivity index (χ3v) is 4.30. The molecule has 0 bridgehead atoms. The van der Waals surface area contributed by atoms with E-state index in [9.17, 15) is 4.79 Å². The Morgan fingerprint density at radius 2 is 2.25 bits per heavy atom. The van der Waals surface area contributed by atoms with E-state index < -0.39 is 0 Å². The average molecular weight is 331 g/mol. The molecule has 2 heterocycles. The van der Waals surface area contributed by atoms with E-state index in [1.807, 2.05) is 20.0 Å². The van der Waals surface area contributed by atoms with E-state index in [0.29, 0.717) is 24.5 Å². The molecule has 1 amide bonds. The van der Waals surface area contributed by atoms with Crippen LogP contribution in [0, 0.1) is 17.2 Å². The third-order valence-electron chi connectivity index (χ3n) is 4.30. The number of nitriles is 1. The summed E-state index contributed by atoms with van der Waals surface area (Å²) in [6.07, 6.45) is 3.98. The molecule has 1 aromatic rings. The number of piperidine rings is 1. The number of nitrogens with zero attached hydrogens (tertiary/aromatic N) is 3. The van der Waals surface area contributed by atoms with Crippen LogP contribution >= 0.6 is 0 Å². The minimum atomic E-state index is -0.0618. The van der Waals surface area contributed by atoms with Crippen LogP contribution in [-0.2, 0) is 9.63 Å². The van der Waals surface area contributed by atoms with Crippen molar-refractivity contribution in [3.05, 3.63) is 23.9 Å². The van der Waals surface area contributed by atoms with Crippen molar-refractivity contribution in [2.24, 2.45) is 5.92 Å². The second kappa shape index (κ2) is 9.21. The smallest absolute Gasteiger partial charge is 0.243 e. The Morgan fingerprint density at radius 1 is 1.50 bits per heavy atom. The van der Waals surface area contributed by atoms with Crippen LogP contribution in [0.15, 0.2) is 18.3 Å². The number of aromatic nitrogens is 1. The van der Waals surface area contributed by atoms with E-state index in [1.54, 1.807) is 12.3 Å². The van der Waals surface area contributed by atoms with Crippen molar-refractivity contribution in [3.8, 4) is 6.07 Å². The summed E-state index contributed by atoms with van der Waals surface area (Å²) < 4.78 is 0. The fraction of sp³-hybridized carbons (Fsp3) is 0.588. The van der Waals surface area contributed by atoms with Gasteiger partial charge >= 0.3 is 0 Å². The largest absolute Gasteiger partial charge is 0.357 e. The van der Waals surface area contributed by atoms with Gasteiger partial charge in [0.2, 0.25) is 5.91 Å². The van der Waals surface area contributed by atoms with Gasteiger partial charge in [-0.15, -0.1) is 0 Å². The first kappa shape index (κ1) is 18.2. The molecule has 1 saturated heterocycles. The number of rotatable bonds is 7. The zero-order chi connectivity index (χ0) is 17.4. The standard InChI is InChI=1S/C17H25N5O2/c1-13(19-2)12-24-21-17(23)9-14-5-7-22(8-6-14)16-4-3-15(10-18)11-20-16/h3-4,11,13-14,19H,5-9,12H2,1-2H3,(H,21,23)/t13-/m0/s1. The maximum atomic E-state index is 11.9. The Labute approximate surface area is 143 Å². The first-order valence-electron chi connectivity index (χ1n) is 8.31. The Bertz CT molecular complexity index is 561. The molecule has 0 aliphatic carbocycles. The van der Waals surface area contributed by atoms with Crippen molar-refractivity contribution < 1.29 is 9.63 Å². The normalized spacial score (nSPS) is 16.5. The predicted molar refractivity (Wildman–Crippen MR) is 91.1 cm³/mol. The topological polar surface area (TPSA) is 90.3 Å². The van der Waals surface area contributed by atoms with E-state index in [2.05, 4.69) is 26.7 Å². The van der Waals surface area contributed by atoms with E-state index >= 15 is 0 Å². The van der Waals surface area contributed by atoms with Crippen LogP contribution in [0.3, 0.4) is 0 Å². The summed E-state index contributed by atoms with van der Waals surface area (Å²) in [4.78, 5) is 23.6. The van der Waals surface area contributed by atoms with Crippen LogP contribution in [0.1, 0.15) is 31.7 Å². The second-order valence-electron chi connectivity index (χ2n) is 6.18. The fourth-order valence-electron chi connectivity index (χ4n) is 2.64. The molecule has 130 valence electrons. The Morgan fingerprint density at radius 3 is 2.83 bits per heavy atom. The number of hydrogen-bond donors (Lipinski definition) is 2. The van der Waals surface area contributed by atoms with E-state index in [4.69, 9.17) is 10.1 Å². The number of hydroxylamine groups is 1. The van der Waals surface area contributed by atoms with Gasteiger partial charge in [0, 0.05) is 31.7 Å². The number of anilines is 1. The summed E-state index contributed by atoms with van der Waals surface area (Å²) in [7, 11) is 1.85. The number of pyridine rings is 1. The Hall–Kier alpha value is -2.17. The lowest BCUT2D eigenvalue weighted by Crippen LogP contribution is -2.37. The molecule has 24 heavy (non-hydrogen) atoms. The van der Waals surface area contributed by atoms with Crippen LogP contribution in [-0.4, -0.2) is 43.7 Å². The minimum Gasteiger partial charge on any atom is -0.357 e. The number of hydrogen-bond acceptors (Lipinski definition) is 6. The third kappa shape index (κ3) is 5.48. The molecule has 7 nitrogen and oxygen atoms in total. The molecule has 0 radical (unpaired) electrons. The molecule has 0 unspecified atom stereocenters. The molecule has 1 aromatic heterocycles. The molecule has 0 aromatic carbocycles. The summed E-state index contributed by atoms with van der Waals surface area (Å²) in [6, 6.07) is 5.93. The van der Waals surface area contributed by atoms with Gasteiger partial charge in [-0.3, -0.25) is 9.63 Å². The van der Waals surface area contributed by atoms with Crippen LogP contribution in [0.25, 0.3) is 0 Å². The molecule has 2 rings (SSSR count). The number of carbonyl (C=O) groups is 1. The van der Waals surface area contributed by atoms with E-state index in [0.717, 1.165) is 31.7 Å². The van der Waals surface area contributed by atoms with Gasteiger partial charge in [0.15, 0.2) is 0 Å². The summed E-state index contributed by atoms with van der Waals surface area (Å²) in [5.74, 6) is 1.19. The zero-order valence-corrected chi connectivity index (χ0v) is 14.3.